The lowest BCUT2D eigenvalue weighted by Crippen LogP contribution is -2.29. The van der Waals surface area contributed by atoms with Crippen molar-refractivity contribution in [2.75, 3.05) is 25.1 Å². The van der Waals surface area contributed by atoms with Gasteiger partial charge in [0.25, 0.3) is 0 Å². The van der Waals surface area contributed by atoms with Gasteiger partial charge in [-0.05, 0) is 18.1 Å². The summed E-state index contributed by atoms with van der Waals surface area (Å²) in [6, 6.07) is 8.47. The van der Waals surface area contributed by atoms with Crippen molar-refractivity contribution in [3.8, 4) is 0 Å². The van der Waals surface area contributed by atoms with Crippen molar-refractivity contribution in [3.63, 3.8) is 0 Å². The molecule has 14 heavy (non-hydrogen) atoms. The molecular formula is C12H17NO. The van der Waals surface area contributed by atoms with E-state index >= 15 is 0 Å². The van der Waals surface area contributed by atoms with E-state index in [-0.39, 0.29) is 12.0 Å². The van der Waals surface area contributed by atoms with Crippen LogP contribution in [0.15, 0.2) is 24.3 Å². The van der Waals surface area contributed by atoms with Gasteiger partial charge in [-0.3, -0.25) is 0 Å². The van der Waals surface area contributed by atoms with Gasteiger partial charge in [-0.1, -0.05) is 25.1 Å². The van der Waals surface area contributed by atoms with Crippen LogP contribution in [0.25, 0.3) is 0 Å². The second kappa shape index (κ2) is 3.28. The zero-order valence-electron chi connectivity index (χ0n) is 8.83. The van der Waals surface area contributed by atoms with E-state index in [2.05, 4.69) is 43.1 Å². The van der Waals surface area contributed by atoms with Crippen LogP contribution in [0.1, 0.15) is 18.9 Å². The average molecular weight is 191 g/mol. The summed E-state index contributed by atoms with van der Waals surface area (Å²) in [4.78, 5) is 2.27. The molecule has 2 rings (SSSR count). The molecule has 1 aromatic carbocycles. The summed E-state index contributed by atoms with van der Waals surface area (Å²) in [5.74, 6) is 0. The molecule has 1 aromatic rings. The number of aliphatic hydroxyl groups is 1. The van der Waals surface area contributed by atoms with Crippen LogP contribution < -0.4 is 4.90 Å². The van der Waals surface area contributed by atoms with E-state index in [0.29, 0.717) is 0 Å². The Morgan fingerprint density at radius 1 is 1.43 bits per heavy atom. The zero-order valence-corrected chi connectivity index (χ0v) is 8.83. The normalized spacial score (nSPS) is 25.2. The van der Waals surface area contributed by atoms with Crippen LogP contribution in [0.4, 0.5) is 5.69 Å². The van der Waals surface area contributed by atoms with Gasteiger partial charge in [0.05, 0.1) is 0 Å². The SMILES string of the molecule is CN1CC(C)(CCO)c2ccccc21. The lowest BCUT2D eigenvalue weighted by atomic mass is 9.82. The molecule has 0 amide bonds. The smallest absolute Gasteiger partial charge is 0.0440 e. The van der Waals surface area contributed by atoms with Gasteiger partial charge in [0.15, 0.2) is 0 Å². The third-order valence-electron chi connectivity index (χ3n) is 3.22. The summed E-state index contributed by atoms with van der Waals surface area (Å²) < 4.78 is 0. The summed E-state index contributed by atoms with van der Waals surface area (Å²) in [6.45, 7) is 3.50. The highest BCUT2D eigenvalue weighted by molar-refractivity contribution is 5.61. The molecule has 0 saturated carbocycles. The van der Waals surface area contributed by atoms with Crippen molar-refractivity contribution in [2.24, 2.45) is 0 Å². The molecule has 0 saturated heterocycles. The van der Waals surface area contributed by atoms with Crippen LogP contribution in [0.5, 0.6) is 0 Å². The third kappa shape index (κ3) is 1.30. The van der Waals surface area contributed by atoms with Crippen LogP contribution in [0.2, 0.25) is 0 Å². The molecule has 1 aliphatic rings. The molecule has 0 bridgehead atoms. The van der Waals surface area contributed by atoms with E-state index in [1.165, 1.54) is 11.3 Å². The standard InChI is InChI=1S/C12H17NO/c1-12(7-8-14)9-13(2)11-6-4-3-5-10(11)12/h3-6,14H,7-9H2,1-2H3. The Hall–Kier alpha value is -1.02. The van der Waals surface area contributed by atoms with Gasteiger partial charge in [0.2, 0.25) is 0 Å². The van der Waals surface area contributed by atoms with Crippen molar-refractivity contribution in [1.29, 1.82) is 0 Å². The van der Waals surface area contributed by atoms with E-state index in [1.54, 1.807) is 0 Å². The number of likely N-dealkylation sites (N-methyl/N-ethyl adjacent to an activating group) is 1. The van der Waals surface area contributed by atoms with Gasteiger partial charge in [0, 0.05) is 31.3 Å². The Balaban J connectivity index is 2.43. The first-order chi connectivity index (χ1) is 6.67. The third-order valence-corrected chi connectivity index (χ3v) is 3.22. The Labute approximate surface area is 85.2 Å². The molecule has 76 valence electrons. The van der Waals surface area contributed by atoms with E-state index in [4.69, 9.17) is 5.11 Å². The van der Waals surface area contributed by atoms with Gasteiger partial charge >= 0.3 is 0 Å². The molecule has 2 nitrogen and oxygen atoms in total. The minimum atomic E-state index is 0.125. The number of anilines is 1. The predicted octanol–water partition coefficient (Wildman–Crippen LogP) is 1.78. The average Bonchev–Trinajstić information content (AvgIpc) is 2.41. The Morgan fingerprint density at radius 3 is 2.86 bits per heavy atom. The van der Waals surface area contributed by atoms with E-state index in [0.717, 1.165) is 13.0 Å². The van der Waals surface area contributed by atoms with Crippen LogP contribution >= 0.6 is 0 Å². The molecule has 1 unspecified atom stereocenters. The largest absolute Gasteiger partial charge is 0.396 e. The Kier molecular flexibility index (Phi) is 2.23. The quantitative estimate of drug-likeness (QED) is 0.770. The van der Waals surface area contributed by atoms with Gasteiger partial charge in [-0.15, -0.1) is 0 Å². The van der Waals surface area contributed by atoms with Crippen LogP contribution in [-0.2, 0) is 5.41 Å². The van der Waals surface area contributed by atoms with Gasteiger partial charge < -0.3 is 10.0 Å². The number of hydrogen-bond donors (Lipinski definition) is 1. The number of fused-ring (bicyclic) bond motifs is 1. The molecule has 1 aliphatic heterocycles. The molecular weight excluding hydrogens is 174 g/mol. The fourth-order valence-corrected chi connectivity index (χ4v) is 2.47. The maximum Gasteiger partial charge on any atom is 0.0440 e. The Morgan fingerprint density at radius 2 is 2.14 bits per heavy atom. The summed E-state index contributed by atoms with van der Waals surface area (Å²) in [5, 5.41) is 9.09. The highest BCUT2D eigenvalue weighted by Crippen LogP contribution is 2.41. The first-order valence-corrected chi connectivity index (χ1v) is 5.09. The summed E-state index contributed by atoms with van der Waals surface area (Å²) in [7, 11) is 2.11. The van der Waals surface area contributed by atoms with Gasteiger partial charge in [-0.25, -0.2) is 0 Å². The zero-order chi connectivity index (χ0) is 10.2. The maximum absolute atomic E-state index is 9.09. The molecule has 2 heteroatoms. The van der Waals surface area contributed by atoms with E-state index in [9.17, 15) is 0 Å². The fourth-order valence-electron chi connectivity index (χ4n) is 2.47. The van der Waals surface area contributed by atoms with Crippen LogP contribution in [-0.4, -0.2) is 25.3 Å². The molecule has 0 aromatic heterocycles. The summed E-state index contributed by atoms with van der Waals surface area (Å²) in [6.07, 6.45) is 0.842. The number of para-hydroxylation sites is 1. The highest BCUT2D eigenvalue weighted by atomic mass is 16.3. The molecule has 1 atom stereocenters. The van der Waals surface area contributed by atoms with Crippen molar-refractivity contribution in [2.45, 2.75) is 18.8 Å². The van der Waals surface area contributed by atoms with Crippen LogP contribution in [0.3, 0.4) is 0 Å². The van der Waals surface area contributed by atoms with Gasteiger partial charge in [0.1, 0.15) is 0 Å². The maximum atomic E-state index is 9.09. The number of nitrogens with zero attached hydrogens (tertiary/aromatic N) is 1. The molecule has 0 fully saturated rings. The molecule has 0 aliphatic carbocycles. The van der Waals surface area contributed by atoms with Crippen molar-refractivity contribution in [1.82, 2.24) is 0 Å². The molecule has 0 spiro atoms. The number of benzene rings is 1. The van der Waals surface area contributed by atoms with E-state index in [1.807, 2.05) is 0 Å². The van der Waals surface area contributed by atoms with Crippen molar-refractivity contribution >= 4 is 5.69 Å². The second-order valence-corrected chi connectivity index (χ2v) is 4.41. The number of rotatable bonds is 2. The first-order valence-electron chi connectivity index (χ1n) is 5.09. The predicted molar refractivity (Wildman–Crippen MR) is 58.8 cm³/mol. The lowest BCUT2D eigenvalue weighted by Gasteiger charge is -2.23. The number of hydrogen-bond acceptors (Lipinski definition) is 2. The molecule has 1 N–H and O–H groups in total. The fraction of sp³-hybridized carbons (Fsp3) is 0.500. The summed E-state index contributed by atoms with van der Waals surface area (Å²) in [5.41, 5.74) is 2.81. The topological polar surface area (TPSA) is 23.5 Å². The first kappa shape index (κ1) is 9.53. The minimum Gasteiger partial charge on any atom is -0.396 e. The monoisotopic (exact) mass is 191 g/mol. The van der Waals surface area contributed by atoms with Crippen LogP contribution in [0, 0.1) is 0 Å². The van der Waals surface area contributed by atoms with E-state index < -0.39 is 0 Å². The lowest BCUT2D eigenvalue weighted by molar-refractivity contribution is 0.250. The summed E-state index contributed by atoms with van der Waals surface area (Å²) >= 11 is 0. The van der Waals surface area contributed by atoms with Crippen molar-refractivity contribution < 1.29 is 5.11 Å². The molecule has 1 heterocycles. The second-order valence-electron chi connectivity index (χ2n) is 4.41. The van der Waals surface area contributed by atoms with Crippen molar-refractivity contribution in [3.05, 3.63) is 29.8 Å². The Bertz CT molecular complexity index is 337. The highest BCUT2D eigenvalue weighted by Gasteiger charge is 2.36. The minimum absolute atomic E-state index is 0.125. The van der Waals surface area contributed by atoms with Gasteiger partial charge in [-0.2, -0.15) is 0 Å². The number of aliphatic hydroxyl groups excluding tert-OH is 1. The molecule has 0 radical (unpaired) electrons.